The van der Waals surface area contributed by atoms with Crippen LogP contribution in [0.2, 0.25) is 0 Å². The summed E-state index contributed by atoms with van der Waals surface area (Å²) in [6.07, 6.45) is -3.42. The number of hydrogen-bond acceptors (Lipinski definition) is 6. The number of hydrogen-bond donors (Lipinski definition) is 0. The van der Waals surface area contributed by atoms with E-state index < -0.39 is 22.2 Å². The van der Waals surface area contributed by atoms with Gasteiger partial charge in [0.2, 0.25) is 0 Å². The van der Waals surface area contributed by atoms with Crippen molar-refractivity contribution in [3.63, 3.8) is 0 Å². The molecular formula is C29H17Br2F3N4O4. The van der Waals surface area contributed by atoms with Crippen LogP contribution in [0.4, 0.5) is 18.9 Å². The number of ether oxygens (including phenoxy) is 1. The van der Waals surface area contributed by atoms with Crippen LogP contribution in [0.25, 0.3) is 22.3 Å². The van der Waals surface area contributed by atoms with E-state index in [1.165, 1.54) is 42.6 Å². The van der Waals surface area contributed by atoms with E-state index in [0.29, 0.717) is 0 Å². The summed E-state index contributed by atoms with van der Waals surface area (Å²) in [7, 11) is 0. The summed E-state index contributed by atoms with van der Waals surface area (Å²) in [5.41, 5.74) is -0.584. The van der Waals surface area contributed by atoms with Crippen molar-refractivity contribution >= 4 is 54.7 Å². The van der Waals surface area contributed by atoms with Crippen LogP contribution in [-0.4, -0.2) is 20.8 Å². The first-order chi connectivity index (χ1) is 20.0. The minimum Gasteiger partial charge on any atom is -0.482 e. The van der Waals surface area contributed by atoms with Gasteiger partial charge in [-0.05, 0) is 48.5 Å². The Morgan fingerprint density at radius 2 is 1.79 bits per heavy atom. The molecule has 0 fully saturated rings. The van der Waals surface area contributed by atoms with Crippen molar-refractivity contribution in [1.29, 1.82) is 0 Å². The van der Waals surface area contributed by atoms with Gasteiger partial charge in [0.05, 0.1) is 27.6 Å². The second kappa shape index (κ2) is 11.9. The Hall–Kier alpha value is -4.36. The van der Waals surface area contributed by atoms with Gasteiger partial charge < -0.3 is 4.74 Å². The van der Waals surface area contributed by atoms with Crippen LogP contribution in [0.5, 0.6) is 5.75 Å². The van der Waals surface area contributed by atoms with Gasteiger partial charge in [0, 0.05) is 31.7 Å². The molecule has 0 unspecified atom stereocenters. The monoisotopic (exact) mass is 700 g/mol. The number of halogens is 5. The number of para-hydroxylation sites is 1. The maximum Gasteiger partial charge on any atom is 0.416 e. The second-order valence-electron chi connectivity index (χ2n) is 8.90. The maximum absolute atomic E-state index is 13.4. The molecule has 0 spiro atoms. The van der Waals surface area contributed by atoms with E-state index in [1.807, 2.05) is 12.1 Å². The fraction of sp³-hybridized carbons (Fsp3) is 0.0690. The van der Waals surface area contributed by atoms with Gasteiger partial charge in [0.25, 0.3) is 5.56 Å². The van der Waals surface area contributed by atoms with E-state index in [1.54, 1.807) is 24.3 Å². The fourth-order valence-electron chi connectivity index (χ4n) is 4.05. The molecular weight excluding hydrogens is 685 g/mol. The molecule has 1 aromatic heterocycles. The van der Waals surface area contributed by atoms with Crippen molar-refractivity contribution in [3.05, 3.63) is 131 Å². The molecule has 13 heteroatoms. The summed E-state index contributed by atoms with van der Waals surface area (Å²) in [6.45, 7) is 0.0562. The third kappa shape index (κ3) is 6.26. The summed E-state index contributed by atoms with van der Waals surface area (Å²) < 4.78 is 48.5. The maximum atomic E-state index is 13.4. The Morgan fingerprint density at radius 3 is 2.52 bits per heavy atom. The first-order valence-electron chi connectivity index (χ1n) is 12.1. The number of aromatic nitrogens is 2. The Bertz CT molecular complexity index is 1930. The van der Waals surface area contributed by atoms with Gasteiger partial charge in [0.15, 0.2) is 11.6 Å². The van der Waals surface area contributed by atoms with Gasteiger partial charge in [-0.25, -0.2) is 4.98 Å². The van der Waals surface area contributed by atoms with E-state index in [9.17, 15) is 28.1 Å². The first-order valence-corrected chi connectivity index (χ1v) is 13.7. The number of alkyl halides is 3. The van der Waals surface area contributed by atoms with Gasteiger partial charge in [-0.15, -0.1) is 0 Å². The molecule has 0 bridgehead atoms. The van der Waals surface area contributed by atoms with Crippen LogP contribution in [0.1, 0.15) is 16.7 Å². The van der Waals surface area contributed by atoms with Gasteiger partial charge in [-0.2, -0.15) is 22.9 Å². The molecule has 0 radical (unpaired) electrons. The molecule has 0 aliphatic heterocycles. The van der Waals surface area contributed by atoms with E-state index >= 15 is 0 Å². The highest BCUT2D eigenvalue weighted by Crippen LogP contribution is 2.32. The molecule has 5 rings (SSSR count). The highest BCUT2D eigenvalue weighted by molar-refractivity contribution is 9.11. The predicted molar refractivity (Wildman–Crippen MR) is 159 cm³/mol. The zero-order chi connectivity index (χ0) is 30.0. The third-order valence-corrected chi connectivity index (χ3v) is 7.33. The number of fused-ring (bicyclic) bond motifs is 1. The van der Waals surface area contributed by atoms with Crippen molar-refractivity contribution in [1.82, 2.24) is 9.66 Å². The number of nitro benzene ring substituents is 1. The molecule has 0 amide bonds. The molecule has 4 aromatic carbocycles. The average Bonchev–Trinajstić information content (AvgIpc) is 2.96. The molecule has 0 aliphatic carbocycles. The van der Waals surface area contributed by atoms with Crippen molar-refractivity contribution in [2.45, 2.75) is 12.8 Å². The lowest BCUT2D eigenvalue weighted by Crippen LogP contribution is -2.20. The molecule has 0 atom stereocenters. The molecule has 0 N–H and O–H groups in total. The topological polar surface area (TPSA) is 99.6 Å². The number of nitrogens with zero attached hydrogens (tertiary/aromatic N) is 4. The van der Waals surface area contributed by atoms with E-state index in [2.05, 4.69) is 41.9 Å². The van der Waals surface area contributed by atoms with Crippen molar-refractivity contribution in [2.24, 2.45) is 5.10 Å². The SMILES string of the molecule is O=c1c2ccccc2nc(-c2cccc(C(F)(F)F)c2)n1N=Cc1ccc(OCc2ccc(Br)cc2Br)c([N+](=O)[O-])c1. The van der Waals surface area contributed by atoms with E-state index in [-0.39, 0.29) is 45.9 Å². The van der Waals surface area contributed by atoms with Crippen LogP contribution in [0.3, 0.4) is 0 Å². The van der Waals surface area contributed by atoms with E-state index in [4.69, 9.17) is 4.74 Å². The van der Waals surface area contributed by atoms with Crippen molar-refractivity contribution < 1.29 is 22.8 Å². The lowest BCUT2D eigenvalue weighted by Gasteiger charge is -2.12. The highest BCUT2D eigenvalue weighted by Gasteiger charge is 2.31. The summed E-state index contributed by atoms with van der Waals surface area (Å²) >= 11 is 6.79. The molecule has 1 heterocycles. The number of benzene rings is 4. The van der Waals surface area contributed by atoms with Gasteiger partial charge in [-0.3, -0.25) is 14.9 Å². The Balaban J connectivity index is 1.54. The van der Waals surface area contributed by atoms with Crippen molar-refractivity contribution in [2.75, 3.05) is 0 Å². The van der Waals surface area contributed by atoms with Crippen LogP contribution in [0.15, 0.2) is 104 Å². The zero-order valence-electron chi connectivity index (χ0n) is 21.2. The lowest BCUT2D eigenvalue weighted by molar-refractivity contribution is -0.385. The minimum atomic E-state index is -4.61. The minimum absolute atomic E-state index is 0.0126. The highest BCUT2D eigenvalue weighted by atomic mass is 79.9. The summed E-state index contributed by atoms with van der Waals surface area (Å²) in [4.78, 5) is 29.0. The lowest BCUT2D eigenvalue weighted by atomic mass is 10.1. The predicted octanol–water partition coefficient (Wildman–Crippen LogP) is 7.98. The number of rotatable bonds is 7. The van der Waals surface area contributed by atoms with Gasteiger partial charge in [-0.1, -0.05) is 62.2 Å². The molecule has 8 nitrogen and oxygen atoms in total. The standard InChI is InChI=1S/C29H17Br2F3N4O4/c30-21-10-9-19(23(31)14-21)16-42-26-11-8-17(12-25(26)38(40)41)15-35-37-27(18-4-3-5-20(13-18)29(32,33)34)36-24-7-2-1-6-22(24)28(37)39/h1-15H,16H2. The zero-order valence-corrected chi connectivity index (χ0v) is 24.4. The van der Waals surface area contributed by atoms with Gasteiger partial charge in [0.1, 0.15) is 6.61 Å². The second-order valence-corrected chi connectivity index (χ2v) is 10.7. The number of nitro groups is 1. The van der Waals surface area contributed by atoms with Crippen molar-refractivity contribution in [3.8, 4) is 17.1 Å². The normalized spacial score (nSPS) is 11.7. The smallest absolute Gasteiger partial charge is 0.416 e. The molecule has 42 heavy (non-hydrogen) atoms. The van der Waals surface area contributed by atoms with E-state index in [0.717, 1.165) is 31.3 Å². The Morgan fingerprint density at radius 1 is 1.00 bits per heavy atom. The average molecular weight is 702 g/mol. The van der Waals surface area contributed by atoms with Crippen LogP contribution < -0.4 is 10.3 Å². The molecule has 0 aliphatic rings. The molecule has 5 aromatic rings. The summed E-state index contributed by atoms with van der Waals surface area (Å²) in [5, 5.41) is 16.2. The molecule has 212 valence electrons. The molecule has 0 saturated heterocycles. The first kappa shape index (κ1) is 29.1. The third-order valence-electron chi connectivity index (χ3n) is 6.10. The summed E-state index contributed by atoms with van der Waals surface area (Å²) in [5.74, 6) is -0.114. The van der Waals surface area contributed by atoms with Crippen LogP contribution >= 0.6 is 31.9 Å². The Kier molecular flexibility index (Phi) is 8.23. The fourth-order valence-corrected chi connectivity index (χ4v) is 5.21. The van der Waals surface area contributed by atoms with Crippen LogP contribution in [-0.2, 0) is 12.8 Å². The largest absolute Gasteiger partial charge is 0.482 e. The summed E-state index contributed by atoms with van der Waals surface area (Å²) in [6, 6.07) is 20.3. The molecule has 0 saturated carbocycles. The van der Waals surface area contributed by atoms with Gasteiger partial charge >= 0.3 is 11.9 Å². The van der Waals surface area contributed by atoms with Crippen LogP contribution in [0, 0.1) is 10.1 Å². The quantitative estimate of drug-likeness (QED) is 0.0974. The Labute approximate surface area is 252 Å².